The minimum absolute atomic E-state index is 0.0140. The van der Waals surface area contributed by atoms with E-state index in [4.69, 9.17) is 10.9 Å². The van der Waals surface area contributed by atoms with Gasteiger partial charge in [0.05, 0.1) is 4.90 Å². The molecule has 2 aromatic rings. The van der Waals surface area contributed by atoms with Gasteiger partial charge in [-0.2, -0.15) is 4.31 Å². The minimum atomic E-state index is -4.04. The number of amides is 1. The molecule has 9 heteroatoms. The number of carbonyl (C=O) groups excluding carboxylic acids is 1. The lowest BCUT2D eigenvalue weighted by molar-refractivity contribution is -0.133. The van der Waals surface area contributed by atoms with E-state index < -0.39 is 22.0 Å². The number of anilines is 1. The zero-order valence-electron chi connectivity index (χ0n) is 15.2. The van der Waals surface area contributed by atoms with Crippen LogP contribution in [0.3, 0.4) is 0 Å². The molecule has 0 bridgehead atoms. The molecular weight excluding hydrogens is 368 g/mol. The van der Waals surface area contributed by atoms with Crippen LogP contribution in [-0.2, 0) is 21.4 Å². The van der Waals surface area contributed by atoms with Gasteiger partial charge in [-0.3, -0.25) is 15.0 Å². The summed E-state index contributed by atoms with van der Waals surface area (Å²) in [4.78, 5) is 16.3. The predicted octanol–water partition coefficient (Wildman–Crippen LogP) is 1.77. The van der Waals surface area contributed by atoms with Crippen LogP contribution in [-0.4, -0.2) is 34.9 Å². The van der Waals surface area contributed by atoms with Crippen LogP contribution in [0.2, 0.25) is 0 Å². The first-order valence-electron chi connectivity index (χ1n) is 8.46. The second-order valence-corrected chi connectivity index (χ2v) is 8.49. The number of carbonyl (C=O) groups is 1. The van der Waals surface area contributed by atoms with Crippen molar-refractivity contribution < 1.29 is 18.4 Å². The van der Waals surface area contributed by atoms with Crippen molar-refractivity contribution in [2.45, 2.75) is 37.8 Å². The Morgan fingerprint density at radius 1 is 1.26 bits per heavy atom. The van der Waals surface area contributed by atoms with Gasteiger partial charge in [-0.25, -0.2) is 13.9 Å². The fourth-order valence-corrected chi connectivity index (χ4v) is 4.27. The number of aromatic nitrogens is 1. The number of hydrogen-bond donors (Lipinski definition) is 3. The number of nitrogens with two attached hydrogens (primary N) is 1. The Hall–Kier alpha value is -2.49. The third-order valence-corrected chi connectivity index (χ3v) is 5.87. The van der Waals surface area contributed by atoms with Gasteiger partial charge in [0.15, 0.2) is 0 Å². The van der Waals surface area contributed by atoms with Crippen LogP contribution in [0.15, 0.2) is 53.7 Å². The highest BCUT2D eigenvalue weighted by Crippen LogP contribution is 2.25. The molecule has 146 valence electrons. The maximum absolute atomic E-state index is 13.3. The van der Waals surface area contributed by atoms with Crippen molar-refractivity contribution in [3.8, 4) is 0 Å². The molecular formula is C18H24N4O4S. The molecule has 1 atom stereocenters. The Morgan fingerprint density at radius 3 is 2.44 bits per heavy atom. The zero-order chi connectivity index (χ0) is 20.0. The van der Waals surface area contributed by atoms with Crippen LogP contribution < -0.4 is 11.2 Å². The van der Waals surface area contributed by atoms with E-state index in [2.05, 4.69) is 4.98 Å². The number of nitrogens with zero attached hydrogens (tertiary/aromatic N) is 2. The summed E-state index contributed by atoms with van der Waals surface area (Å²) in [5.74, 6) is -0.767. The zero-order valence-corrected chi connectivity index (χ0v) is 16.1. The Morgan fingerprint density at radius 2 is 1.93 bits per heavy atom. The highest BCUT2D eigenvalue weighted by molar-refractivity contribution is 7.89. The largest absolute Gasteiger partial charge is 0.399 e. The minimum Gasteiger partial charge on any atom is -0.399 e. The summed E-state index contributed by atoms with van der Waals surface area (Å²) in [6, 6.07) is 8.08. The quantitative estimate of drug-likeness (QED) is 0.357. The molecule has 0 aliphatic rings. The fraction of sp³-hybridized carbons (Fsp3) is 0.333. The first kappa shape index (κ1) is 20.8. The van der Waals surface area contributed by atoms with Gasteiger partial charge in [-0.05, 0) is 48.2 Å². The maximum Gasteiger partial charge on any atom is 0.261 e. The summed E-state index contributed by atoms with van der Waals surface area (Å²) in [5.41, 5.74) is 8.29. The molecule has 2 rings (SSSR count). The van der Waals surface area contributed by atoms with Crippen LogP contribution in [0.5, 0.6) is 0 Å². The Bertz CT molecular complexity index is 855. The highest BCUT2D eigenvalue weighted by Gasteiger charge is 2.36. The van der Waals surface area contributed by atoms with Gasteiger partial charge in [-0.15, -0.1) is 0 Å². The number of hydrogen-bond acceptors (Lipinski definition) is 6. The van der Waals surface area contributed by atoms with Crippen molar-refractivity contribution >= 4 is 21.6 Å². The molecule has 8 nitrogen and oxygen atoms in total. The predicted molar refractivity (Wildman–Crippen MR) is 101 cm³/mol. The summed E-state index contributed by atoms with van der Waals surface area (Å²) < 4.78 is 27.7. The molecule has 0 radical (unpaired) electrons. The van der Waals surface area contributed by atoms with Gasteiger partial charge in [0, 0.05) is 24.6 Å². The first-order valence-corrected chi connectivity index (χ1v) is 9.90. The second-order valence-electron chi connectivity index (χ2n) is 6.60. The molecule has 1 heterocycles. The fourth-order valence-electron chi connectivity index (χ4n) is 2.69. The summed E-state index contributed by atoms with van der Waals surface area (Å²) in [7, 11) is -4.04. The smallest absolute Gasteiger partial charge is 0.261 e. The average Bonchev–Trinajstić information content (AvgIpc) is 2.64. The van der Waals surface area contributed by atoms with E-state index in [-0.39, 0.29) is 23.8 Å². The molecule has 0 saturated heterocycles. The van der Waals surface area contributed by atoms with Crippen LogP contribution >= 0.6 is 0 Å². The first-order chi connectivity index (χ1) is 12.8. The van der Waals surface area contributed by atoms with E-state index in [1.54, 1.807) is 23.8 Å². The van der Waals surface area contributed by atoms with Gasteiger partial charge < -0.3 is 5.73 Å². The summed E-state index contributed by atoms with van der Waals surface area (Å²) in [5, 5.41) is 9.16. The molecule has 1 amide bonds. The normalized spacial score (nSPS) is 12.9. The van der Waals surface area contributed by atoms with Crippen LogP contribution in [0, 0.1) is 5.92 Å². The lowest BCUT2D eigenvalue weighted by atomic mass is 10.0. The number of benzene rings is 1. The monoisotopic (exact) mass is 392 g/mol. The van der Waals surface area contributed by atoms with Gasteiger partial charge in [0.25, 0.3) is 5.91 Å². The molecule has 1 aromatic carbocycles. The molecule has 0 aliphatic heterocycles. The summed E-state index contributed by atoms with van der Waals surface area (Å²) in [6.45, 7) is 3.68. The Labute approximate surface area is 159 Å². The Balaban J connectivity index is 2.53. The van der Waals surface area contributed by atoms with Crippen molar-refractivity contribution in [1.29, 1.82) is 0 Å². The molecule has 4 N–H and O–H groups in total. The van der Waals surface area contributed by atoms with Crippen molar-refractivity contribution in [2.24, 2.45) is 5.92 Å². The van der Waals surface area contributed by atoms with E-state index in [0.29, 0.717) is 11.3 Å². The summed E-state index contributed by atoms with van der Waals surface area (Å²) >= 11 is 0. The number of rotatable bonds is 8. The second kappa shape index (κ2) is 8.94. The van der Waals surface area contributed by atoms with Crippen LogP contribution in [0.4, 0.5) is 5.69 Å². The van der Waals surface area contributed by atoms with E-state index in [0.717, 1.165) is 4.31 Å². The molecule has 1 aromatic heterocycles. The van der Waals surface area contributed by atoms with Crippen molar-refractivity contribution in [3.05, 3.63) is 54.4 Å². The number of hydroxylamine groups is 1. The molecule has 27 heavy (non-hydrogen) atoms. The number of nitrogens with one attached hydrogen (secondary N) is 1. The lowest BCUT2D eigenvalue weighted by Gasteiger charge is -2.30. The van der Waals surface area contributed by atoms with E-state index in [1.807, 2.05) is 13.8 Å². The van der Waals surface area contributed by atoms with E-state index >= 15 is 0 Å². The number of nitrogen functional groups attached to an aromatic ring is 1. The third-order valence-electron chi connectivity index (χ3n) is 4.00. The molecule has 0 fully saturated rings. The van der Waals surface area contributed by atoms with Crippen LogP contribution in [0.1, 0.15) is 25.8 Å². The lowest BCUT2D eigenvalue weighted by Crippen LogP contribution is -2.49. The molecule has 0 aliphatic carbocycles. The maximum atomic E-state index is 13.3. The highest BCUT2D eigenvalue weighted by atomic mass is 32.2. The third kappa shape index (κ3) is 5.25. The van der Waals surface area contributed by atoms with Crippen molar-refractivity contribution in [2.75, 3.05) is 5.73 Å². The standard InChI is InChI=1S/C18H24N4O4S/c1-13(2)10-17(18(23)21-24)22(12-14-4-3-9-20-11-14)27(25,26)16-7-5-15(19)6-8-16/h3-9,11,13,17,24H,10,12,19H2,1-2H3,(H,21,23)/t17-/m1/s1. The Kier molecular flexibility index (Phi) is 6.89. The van der Waals surface area contributed by atoms with Gasteiger partial charge in [-0.1, -0.05) is 19.9 Å². The topological polar surface area (TPSA) is 126 Å². The van der Waals surface area contributed by atoms with Gasteiger partial charge in [0.2, 0.25) is 10.0 Å². The van der Waals surface area contributed by atoms with Gasteiger partial charge in [0.1, 0.15) is 6.04 Å². The van der Waals surface area contributed by atoms with Gasteiger partial charge >= 0.3 is 0 Å². The number of pyridine rings is 1. The summed E-state index contributed by atoms with van der Waals surface area (Å²) in [6.07, 6.45) is 3.35. The molecule has 0 spiro atoms. The van der Waals surface area contributed by atoms with E-state index in [1.165, 1.54) is 30.5 Å². The van der Waals surface area contributed by atoms with E-state index in [9.17, 15) is 13.2 Å². The average molecular weight is 392 g/mol. The molecule has 0 saturated carbocycles. The number of sulfonamides is 1. The van der Waals surface area contributed by atoms with Crippen LogP contribution in [0.25, 0.3) is 0 Å². The molecule has 0 unspecified atom stereocenters. The van der Waals surface area contributed by atoms with Crippen molar-refractivity contribution in [3.63, 3.8) is 0 Å². The van der Waals surface area contributed by atoms with Crippen molar-refractivity contribution in [1.82, 2.24) is 14.8 Å². The SMILES string of the molecule is CC(C)C[C@H](C(=O)NO)N(Cc1cccnc1)S(=O)(=O)c1ccc(N)cc1.